The lowest BCUT2D eigenvalue weighted by Crippen LogP contribution is -2.24. The molecular formula is C11H16O3S2. The van der Waals surface area contributed by atoms with Gasteiger partial charge in [-0.3, -0.25) is 4.79 Å². The first-order chi connectivity index (χ1) is 7.36. The Balaban J connectivity index is 2.79. The van der Waals surface area contributed by atoms with E-state index in [1.165, 1.54) is 11.3 Å². The summed E-state index contributed by atoms with van der Waals surface area (Å²) < 4.78 is 23.5. The smallest absolute Gasteiger partial charge is 0.187 e. The van der Waals surface area contributed by atoms with Crippen LogP contribution in [0.15, 0.2) is 12.1 Å². The number of ketones is 1. The zero-order chi connectivity index (χ0) is 12.3. The highest BCUT2D eigenvalue weighted by molar-refractivity contribution is 7.92. The Kier molecular flexibility index (Phi) is 4.27. The SMILES string of the molecule is CCC(C)S(=O)(=O)CC(=O)c1ccc(C)s1. The largest absolute Gasteiger partial charge is 0.292 e. The van der Waals surface area contributed by atoms with Gasteiger partial charge in [0.05, 0.1) is 10.1 Å². The summed E-state index contributed by atoms with van der Waals surface area (Å²) in [5.74, 6) is -0.666. The molecule has 0 amide bonds. The highest BCUT2D eigenvalue weighted by atomic mass is 32.2. The van der Waals surface area contributed by atoms with Crippen molar-refractivity contribution < 1.29 is 13.2 Å². The molecule has 90 valence electrons. The maximum Gasteiger partial charge on any atom is 0.187 e. The fourth-order valence-electron chi connectivity index (χ4n) is 1.23. The Morgan fingerprint density at radius 1 is 1.44 bits per heavy atom. The predicted octanol–water partition coefficient (Wildman–Crippen LogP) is 2.45. The Morgan fingerprint density at radius 3 is 2.50 bits per heavy atom. The molecule has 5 heteroatoms. The van der Waals surface area contributed by atoms with Crippen LogP contribution in [0.5, 0.6) is 0 Å². The molecule has 16 heavy (non-hydrogen) atoms. The lowest BCUT2D eigenvalue weighted by molar-refractivity contribution is 0.102. The van der Waals surface area contributed by atoms with Gasteiger partial charge in [-0.1, -0.05) is 6.92 Å². The molecule has 0 radical (unpaired) electrons. The number of thiophene rings is 1. The summed E-state index contributed by atoms with van der Waals surface area (Å²) in [6, 6.07) is 3.52. The Morgan fingerprint density at radius 2 is 2.06 bits per heavy atom. The van der Waals surface area contributed by atoms with Crippen LogP contribution < -0.4 is 0 Å². The molecule has 0 aliphatic heterocycles. The maximum atomic E-state index is 11.7. The standard InChI is InChI=1S/C11H16O3S2/c1-4-9(3)16(13,14)7-10(12)11-6-5-8(2)15-11/h5-6,9H,4,7H2,1-3H3. The van der Waals surface area contributed by atoms with E-state index in [-0.39, 0.29) is 11.5 Å². The summed E-state index contributed by atoms with van der Waals surface area (Å²) in [6.07, 6.45) is 0.541. The molecule has 0 aromatic carbocycles. The third-order valence-corrected chi connectivity index (χ3v) is 5.80. The first-order valence-electron chi connectivity index (χ1n) is 5.18. The predicted molar refractivity (Wildman–Crippen MR) is 66.9 cm³/mol. The van der Waals surface area contributed by atoms with Crippen LogP contribution in [-0.2, 0) is 9.84 Å². The number of sulfone groups is 1. The number of hydrogen-bond donors (Lipinski definition) is 0. The van der Waals surface area contributed by atoms with Gasteiger partial charge < -0.3 is 0 Å². The average Bonchev–Trinajstić information content (AvgIpc) is 2.63. The van der Waals surface area contributed by atoms with Gasteiger partial charge in [0.15, 0.2) is 15.6 Å². The number of hydrogen-bond acceptors (Lipinski definition) is 4. The van der Waals surface area contributed by atoms with Gasteiger partial charge in [-0.2, -0.15) is 0 Å². The van der Waals surface area contributed by atoms with Gasteiger partial charge in [-0.25, -0.2) is 8.42 Å². The third kappa shape index (κ3) is 3.15. The normalized spacial score (nSPS) is 13.7. The highest BCUT2D eigenvalue weighted by Gasteiger charge is 2.24. The summed E-state index contributed by atoms with van der Waals surface area (Å²) in [5, 5.41) is -0.447. The van der Waals surface area contributed by atoms with Crippen molar-refractivity contribution in [3.63, 3.8) is 0 Å². The van der Waals surface area contributed by atoms with Gasteiger partial charge in [0.1, 0.15) is 5.75 Å². The maximum absolute atomic E-state index is 11.7. The van der Waals surface area contributed by atoms with Crippen LogP contribution in [0.3, 0.4) is 0 Å². The first-order valence-corrected chi connectivity index (χ1v) is 7.71. The van der Waals surface area contributed by atoms with E-state index in [4.69, 9.17) is 0 Å². The molecule has 0 aliphatic rings. The molecule has 0 saturated carbocycles. The summed E-state index contributed by atoms with van der Waals surface area (Å²) in [4.78, 5) is 13.3. The molecule has 1 heterocycles. The molecule has 0 fully saturated rings. The van der Waals surface area contributed by atoms with Crippen molar-refractivity contribution >= 4 is 27.0 Å². The summed E-state index contributed by atoms with van der Waals surface area (Å²) in [5.41, 5.74) is 0. The monoisotopic (exact) mass is 260 g/mol. The molecule has 1 aromatic rings. The second-order valence-electron chi connectivity index (χ2n) is 3.86. The summed E-state index contributed by atoms with van der Waals surface area (Å²) in [7, 11) is -3.29. The minimum absolute atomic E-state index is 0.293. The number of carbonyl (C=O) groups is 1. The zero-order valence-corrected chi connectivity index (χ0v) is 11.3. The van der Waals surface area contributed by atoms with Crippen molar-refractivity contribution in [1.29, 1.82) is 0 Å². The van der Waals surface area contributed by atoms with E-state index in [1.807, 2.05) is 19.9 Å². The molecule has 1 aromatic heterocycles. The van der Waals surface area contributed by atoms with Gasteiger partial charge in [-0.05, 0) is 32.4 Å². The van der Waals surface area contributed by atoms with Crippen LogP contribution in [0, 0.1) is 6.92 Å². The molecule has 0 aliphatic carbocycles. The van der Waals surface area contributed by atoms with Crippen LogP contribution in [-0.4, -0.2) is 25.2 Å². The fraction of sp³-hybridized carbons (Fsp3) is 0.545. The molecule has 0 spiro atoms. The highest BCUT2D eigenvalue weighted by Crippen LogP contribution is 2.17. The quantitative estimate of drug-likeness (QED) is 0.764. The molecule has 0 saturated heterocycles. The van der Waals surface area contributed by atoms with Crippen molar-refractivity contribution in [2.45, 2.75) is 32.4 Å². The first kappa shape index (κ1) is 13.4. The van der Waals surface area contributed by atoms with Crippen molar-refractivity contribution in [1.82, 2.24) is 0 Å². The van der Waals surface area contributed by atoms with E-state index in [1.54, 1.807) is 13.0 Å². The Hall–Kier alpha value is -0.680. The molecule has 0 N–H and O–H groups in total. The number of Topliss-reactive ketones (excluding diaryl/α,β-unsaturated/α-hetero) is 1. The fourth-order valence-corrected chi connectivity index (χ4v) is 3.44. The molecule has 3 nitrogen and oxygen atoms in total. The second kappa shape index (κ2) is 5.10. The number of rotatable bonds is 5. The van der Waals surface area contributed by atoms with E-state index in [0.717, 1.165) is 4.88 Å². The summed E-state index contributed by atoms with van der Waals surface area (Å²) in [6.45, 7) is 5.34. The van der Waals surface area contributed by atoms with Gasteiger partial charge in [0, 0.05) is 4.88 Å². The Labute approximate surface area is 100 Å². The van der Waals surface area contributed by atoms with Crippen molar-refractivity contribution in [2.24, 2.45) is 0 Å². The molecule has 1 atom stereocenters. The molecular weight excluding hydrogens is 244 g/mol. The van der Waals surface area contributed by atoms with Gasteiger partial charge in [-0.15, -0.1) is 11.3 Å². The van der Waals surface area contributed by atoms with Crippen LogP contribution in [0.25, 0.3) is 0 Å². The molecule has 1 rings (SSSR count). The van der Waals surface area contributed by atoms with Crippen molar-refractivity contribution in [3.05, 3.63) is 21.9 Å². The molecule has 0 bridgehead atoms. The van der Waals surface area contributed by atoms with E-state index in [0.29, 0.717) is 11.3 Å². The lowest BCUT2D eigenvalue weighted by atomic mass is 10.3. The average molecular weight is 260 g/mol. The minimum Gasteiger partial charge on any atom is -0.292 e. The van der Waals surface area contributed by atoms with Crippen LogP contribution in [0.1, 0.15) is 34.8 Å². The van der Waals surface area contributed by atoms with Crippen LogP contribution in [0.4, 0.5) is 0 Å². The zero-order valence-electron chi connectivity index (χ0n) is 9.69. The van der Waals surface area contributed by atoms with Crippen molar-refractivity contribution in [3.8, 4) is 0 Å². The number of carbonyl (C=O) groups excluding carboxylic acids is 1. The summed E-state index contributed by atoms with van der Waals surface area (Å²) >= 11 is 1.34. The van der Waals surface area contributed by atoms with E-state index in [9.17, 15) is 13.2 Å². The minimum atomic E-state index is -3.29. The van der Waals surface area contributed by atoms with Gasteiger partial charge in [0.2, 0.25) is 0 Å². The molecule has 1 unspecified atom stereocenters. The van der Waals surface area contributed by atoms with Crippen LogP contribution >= 0.6 is 11.3 Å². The Bertz CT molecular complexity index is 471. The third-order valence-electron chi connectivity index (χ3n) is 2.54. The van der Waals surface area contributed by atoms with E-state index >= 15 is 0 Å². The van der Waals surface area contributed by atoms with Gasteiger partial charge in [0.25, 0.3) is 0 Å². The van der Waals surface area contributed by atoms with E-state index < -0.39 is 15.1 Å². The van der Waals surface area contributed by atoms with Crippen molar-refractivity contribution in [2.75, 3.05) is 5.75 Å². The van der Waals surface area contributed by atoms with Gasteiger partial charge >= 0.3 is 0 Å². The lowest BCUT2D eigenvalue weighted by Gasteiger charge is -2.08. The number of aryl methyl sites for hydroxylation is 1. The van der Waals surface area contributed by atoms with E-state index in [2.05, 4.69) is 0 Å². The van der Waals surface area contributed by atoms with Crippen LogP contribution in [0.2, 0.25) is 0 Å². The topological polar surface area (TPSA) is 51.2 Å². The second-order valence-corrected chi connectivity index (χ2v) is 7.57.